The Balaban J connectivity index is 1.49. The maximum atomic E-state index is 12.6. The van der Waals surface area contributed by atoms with E-state index < -0.39 is 11.8 Å². The number of aromatic nitrogens is 3. The van der Waals surface area contributed by atoms with Gasteiger partial charge in [0.2, 0.25) is 0 Å². The maximum Gasteiger partial charge on any atom is 0.314 e. The number of nitrogens with zero attached hydrogens (tertiary/aromatic N) is 4. The molecular formula is C23H26N6O2. The van der Waals surface area contributed by atoms with Gasteiger partial charge in [0.05, 0.1) is 17.6 Å². The smallest absolute Gasteiger partial charge is 0.314 e. The molecule has 0 unspecified atom stereocenters. The van der Waals surface area contributed by atoms with Crippen molar-refractivity contribution in [3.05, 3.63) is 65.1 Å². The lowest BCUT2D eigenvalue weighted by Gasteiger charge is -2.10. The average molecular weight is 419 g/mol. The lowest BCUT2D eigenvalue weighted by molar-refractivity contribution is -0.133. The summed E-state index contributed by atoms with van der Waals surface area (Å²) in [6.45, 7) is 5.75. The molecule has 0 saturated carbocycles. The fraction of sp³-hybridized carbons (Fsp3) is 0.304. The molecule has 0 radical (unpaired) electrons. The van der Waals surface area contributed by atoms with Gasteiger partial charge in [-0.3, -0.25) is 14.5 Å². The van der Waals surface area contributed by atoms with Crippen LogP contribution in [0.15, 0.2) is 42.7 Å². The number of amides is 2. The molecule has 2 aromatic heterocycles. The third-order valence-electron chi connectivity index (χ3n) is 5.27. The van der Waals surface area contributed by atoms with Crippen LogP contribution in [-0.4, -0.2) is 38.5 Å². The second-order valence-electron chi connectivity index (χ2n) is 7.92. The molecule has 0 spiro atoms. The van der Waals surface area contributed by atoms with Crippen molar-refractivity contribution in [2.75, 3.05) is 17.7 Å². The van der Waals surface area contributed by atoms with Crippen molar-refractivity contribution in [1.29, 1.82) is 0 Å². The lowest BCUT2D eigenvalue weighted by atomic mass is 10.1. The van der Waals surface area contributed by atoms with E-state index in [1.54, 1.807) is 17.1 Å². The predicted octanol–water partition coefficient (Wildman–Crippen LogP) is 3.05. The van der Waals surface area contributed by atoms with E-state index in [-0.39, 0.29) is 0 Å². The molecule has 3 aromatic rings. The number of aryl methyl sites for hydroxylation is 1. The van der Waals surface area contributed by atoms with Crippen molar-refractivity contribution in [2.24, 2.45) is 0 Å². The molecule has 0 bridgehead atoms. The summed E-state index contributed by atoms with van der Waals surface area (Å²) in [7, 11) is 2.05. The molecule has 0 atom stereocenters. The van der Waals surface area contributed by atoms with Crippen molar-refractivity contribution in [3.63, 3.8) is 0 Å². The Hall–Kier alpha value is -3.52. The maximum absolute atomic E-state index is 12.6. The zero-order valence-electron chi connectivity index (χ0n) is 18.0. The zero-order valence-corrected chi connectivity index (χ0v) is 18.0. The first-order valence-electron chi connectivity index (χ1n) is 10.4. The standard InChI is InChI=1S/C23H26N6O2/c1-4-5-20-19(12-25-29(20)21-10-15(2)8-9-24-21)27-23(31)22(30)26-18-7-6-16-13-28(3)14-17(16)11-18/h6-12H,4-5,13-14H2,1-3H3,(H,26,30)(H,27,31). The van der Waals surface area contributed by atoms with Gasteiger partial charge in [-0.1, -0.05) is 19.4 Å². The van der Waals surface area contributed by atoms with E-state index in [1.807, 2.05) is 51.2 Å². The van der Waals surface area contributed by atoms with E-state index in [0.29, 0.717) is 23.6 Å². The number of hydrogen-bond acceptors (Lipinski definition) is 5. The largest absolute Gasteiger partial charge is 0.318 e. The Morgan fingerprint density at radius 2 is 1.84 bits per heavy atom. The molecule has 1 aliphatic heterocycles. The van der Waals surface area contributed by atoms with Gasteiger partial charge in [-0.2, -0.15) is 5.10 Å². The Labute approximate surface area is 181 Å². The van der Waals surface area contributed by atoms with Crippen LogP contribution in [0, 0.1) is 6.92 Å². The monoisotopic (exact) mass is 418 g/mol. The van der Waals surface area contributed by atoms with Crippen molar-refractivity contribution in [2.45, 2.75) is 39.8 Å². The van der Waals surface area contributed by atoms with E-state index in [2.05, 4.69) is 25.6 Å². The Kier molecular flexibility index (Phi) is 5.81. The quantitative estimate of drug-likeness (QED) is 0.622. The first-order chi connectivity index (χ1) is 14.9. The summed E-state index contributed by atoms with van der Waals surface area (Å²) in [5.41, 5.74) is 5.41. The van der Waals surface area contributed by atoms with Crippen LogP contribution in [0.2, 0.25) is 0 Å². The summed E-state index contributed by atoms with van der Waals surface area (Å²) >= 11 is 0. The number of pyridine rings is 1. The minimum Gasteiger partial charge on any atom is -0.318 e. The van der Waals surface area contributed by atoms with Gasteiger partial charge in [-0.15, -0.1) is 0 Å². The van der Waals surface area contributed by atoms with Crippen molar-refractivity contribution >= 4 is 23.2 Å². The molecule has 2 amide bonds. The molecule has 1 aliphatic rings. The third kappa shape index (κ3) is 4.49. The molecule has 8 heteroatoms. The highest BCUT2D eigenvalue weighted by atomic mass is 16.2. The summed E-state index contributed by atoms with van der Waals surface area (Å²) in [6, 6.07) is 9.58. The van der Waals surface area contributed by atoms with Crippen molar-refractivity contribution < 1.29 is 9.59 Å². The normalized spacial score (nSPS) is 13.1. The third-order valence-corrected chi connectivity index (χ3v) is 5.27. The first kappa shape index (κ1) is 20.7. The fourth-order valence-electron chi connectivity index (χ4n) is 3.80. The molecular weight excluding hydrogens is 392 g/mol. The van der Waals surface area contributed by atoms with Gasteiger partial charge in [0, 0.05) is 25.0 Å². The number of nitrogens with one attached hydrogen (secondary N) is 2. The summed E-state index contributed by atoms with van der Waals surface area (Å²) in [6.07, 6.45) is 4.83. The van der Waals surface area contributed by atoms with Crippen LogP contribution in [-0.2, 0) is 29.1 Å². The van der Waals surface area contributed by atoms with E-state index >= 15 is 0 Å². The van der Waals surface area contributed by atoms with Crippen molar-refractivity contribution in [3.8, 4) is 5.82 Å². The number of benzene rings is 1. The summed E-state index contributed by atoms with van der Waals surface area (Å²) in [5, 5.41) is 9.80. The van der Waals surface area contributed by atoms with Crippen molar-refractivity contribution in [1.82, 2.24) is 19.7 Å². The van der Waals surface area contributed by atoms with E-state index in [0.717, 1.165) is 36.3 Å². The van der Waals surface area contributed by atoms with Crippen LogP contribution >= 0.6 is 0 Å². The molecule has 4 rings (SSSR count). The number of anilines is 2. The number of rotatable bonds is 5. The second-order valence-corrected chi connectivity index (χ2v) is 7.92. The van der Waals surface area contributed by atoms with Gasteiger partial charge < -0.3 is 10.6 Å². The van der Waals surface area contributed by atoms with Gasteiger partial charge in [0.15, 0.2) is 5.82 Å². The number of hydrogen-bond donors (Lipinski definition) is 2. The Morgan fingerprint density at radius 1 is 1.06 bits per heavy atom. The summed E-state index contributed by atoms with van der Waals surface area (Å²) in [4.78, 5) is 31.6. The van der Waals surface area contributed by atoms with E-state index in [1.165, 1.54) is 5.56 Å². The number of carbonyl (C=O) groups is 2. The highest BCUT2D eigenvalue weighted by molar-refractivity contribution is 6.43. The molecule has 2 N–H and O–H groups in total. The lowest BCUT2D eigenvalue weighted by Crippen LogP contribution is -2.29. The molecule has 8 nitrogen and oxygen atoms in total. The first-order valence-corrected chi connectivity index (χ1v) is 10.4. The van der Waals surface area contributed by atoms with Gasteiger partial charge in [-0.05, 0) is 61.3 Å². The Bertz CT molecular complexity index is 1140. The van der Waals surface area contributed by atoms with Gasteiger partial charge in [0.25, 0.3) is 0 Å². The van der Waals surface area contributed by atoms with Crippen LogP contribution in [0.25, 0.3) is 5.82 Å². The van der Waals surface area contributed by atoms with Crippen LogP contribution in [0.3, 0.4) is 0 Å². The molecule has 0 aliphatic carbocycles. The highest BCUT2D eigenvalue weighted by Gasteiger charge is 2.21. The highest BCUT2D eigenvalue weighted by Crippen LogP contribution is 2.25. The minimum atomic E-state index is -0.730. The molecule has 0 saturated heterocycles. The fourth-order valence-corrected chi connectivity index (χ4v) is 3.80. The van der Waals surface area contributed by atoms with Crippen LogP contribution in [0.5, 0.6) is 0 Å². The average Bonchev–Trinajstić information content (AvgIpc) is 3.30. The van der Waals surface area contributed by atoms with Gasteiger partial charge in [-0.25, -0.2) is 9.67 Å². The zero-order chi connectivity index (χ0) is 22.0. The Morgan fingerprint density at radius 3 is 2.61 bits per heavy atom. The van der Waals surface area contributed by atoms with Crippen LogP contribution in [0.1, 0.15) is 35.7 Å². The van der Waals surface area contributed by atoms with Gasteiger partial charge >= 0.3 is 11.8 Å². The van der Waals surface area contributed by atoms with Crippen LogP contribution in [0.4, 0.5) is 11.4 Å². The topological polar surface area (TPSA) is 92.2 Å². The molecule has 0 fully saturated rings. The summed E-state index contributed by atoms with van der Waals surface area (Å²) in [5.74, 6) is -0.765. The predicted molar refractivity (Wildman–Crippen MR) is 119 cm³/mol. The molecule has 31 heavy (non-hydrogen) atoms. The second kappa shape index (κ2) is 8.69. The van der Waals surface area contributed by atoms with Crippen LogP contribution < -0.4 is 10.6 Å². The summed E-state index contributed by atoms with van der Waals surface area (Å²) < 4.78 is 1.71. The SMILES string of the molecule is CCCc1c(NC(=O)C(=O)Nc2ccc3c(c2)CN(C)C3)cnn1-c1cc(C)ccn1. The molecule has 1 aromatic carbocycles. The molecule has 160 valence electrons. The number of carbonyl (C=O) groups excluding carboxylic acids is 2. The number of fused-ring (bicyclic) bond motifs is 1. The molecule has 3 heterocycles. The van der Waals surface area contributed by atoms with E-state index in [9.17, 15) is 9.59 Å². The van der Waals surface area contributed by atoms with E-state index in [4.69, 9.17) is 0 Å². The minimum absolute atomic E-state index is 0.515. The van der Waals surface area contributed by atoms with Gasteiger partial charge in [0.1, 0.15) is 0 Å².